The lowest BCUT2D eigenvalue weighted by molar-refractivity contribution is 0.120. The van der Waals surface area contributed by atoms with E-state index in [1.54, 1.807) is 13.4 Å². The number of rotatable bonds is 5. The molecule has 0 saturated carbocycles. The lowest BCUT2D eigenvalue weighted by Gasteiger charge is -2.34. The van der Waals surface area contributed by atoms with E-state index in [-0.39, 0.29) is 0 Å². The zero-order valence-electron chi connectivity index (χ0n) is 13.2. The van der Waals surface area contributed by atoms with Crippen LogP contribution >= 0.6 is 0 Å². The smallest absolute Gasteiger partial charge is 0.213 e. The van der Waals surface area contributed by atoms with Crippen molar-refractivity contribution < 1.29 is 9.15 Å². The molecule has 2 aromatic heterocycles. The van der Waals surface area contributed by atoms with Crippen LogP contribution in [-0.4, -0.2) is 53.1 Å². The third kappa shape index (κ3) is 3.84. The van der Waals surface area contributed by atoms with Crippen molar-refractivity contribution in [3.05, 3.63) is 41.7 Å². The van der Waals surface area contributed by atoms with Gasteiger partial charge in [0.25, 0.3) is 0 Å². The van der Waals surface area contributed by atoms with Gasteiger partial charge in [0.2, 0.25) is 5.88 Å². The van der Waals surface area contributed by atoms with Crippen LogP contribution < -0.4 is 4.74 Å². The minimum atomic E-state index is 0.678. The average Bonchev–Trinajstić information content (AvgIpc) is 2.94. The molecule has 118 valence electrons. The summed E-state index contributed by atoms with van der Waals surface area (Å²) in [4.78, 5) is 13.7. The monoisotopic (exact) mass is 302 g/mol. The Morgan fingerprint density at radius 1 is 1.05 bits per heavy atom. The molecule has 0 unspecified atom stereocenters. The number of nitrogens with zero attached hydrogens (tertiary/aromatic N) is 4. The van der Waals surface area contributed by atoms with Crippen molar-refractivity contribution in [3.63, 3.8) is 0 Å². The van der Waals surface area contributed by atoms with E-state index in [1.165, 1.54) is 0 Å². The Labute approximate surface area is 130 Å². The lowest BCUT2D eigenvalue weighted by Crippen LogP contribution is -2.45. The van der Waals surface area contributed by atoms with Gasteiger partial charge >= 0.3 is 0 Å². The van der Waals surface area contributed by atoms with Crippen LogP contribution in [0.15, 0.2) is 28.9 Å². The van der Waals surface area contributed by atoms with Crippen LogP contribution in [0.2, 0.25) is 0 Å². The van der Waals surface area contributed by atoms with E-state index >= 15 is 0 Å². The highest BCUT2D eigenvalue weighted by atomic mass is 16.5. The van der Waals surface area contributed by atoms with Gasteiger partial charge < -0.3 is 9.15 Å². The largest absolute Gasteiger partial charge is 0.481 e. The molecule has 0 atom stereocenters. The van der Waals surface area contributed by atoms with E-state index in [0.717, 1.165) is 56.5 Å². The summed E-state index contributed by atoms with van der Waals surface area (Å²) < 4.78 is 10.4. The second-order valence-corrected chi connectivity index (χ2v) is 5.58. The molecule has 3 heterocycles. The molecular weight excluding hydrogens is 280 g/mol. The molecule has 0 bridgehead atoms. The summed E-state index contributed by atoms with van der Waals surface area (Å²) in [5.74, 6) is 1.41. The summed E-state index contributed by atoms with van der Waals surface area (Å²) in [6.45, 7) is 7.76. The van der Waals surface area contributed by atoms with Crippen molar-refractivity contribution in [2.75, 3.05) is 33.3 Å². The van der Waals surface area contributed by atoms with Gasteiger partial charge in [0.15, 0.2) is 5.89 Å². The molecule has 0 N–H and O–H groups in total. The maximum absolute atomic E-state index is 5.26. The van der Waals surface area contributed by atoms with Gasteiger partial charge in [0.1, 0.15) is 6.26 Å². The van der Waals surface area contributed by atoms with Crippen molar-refractivity contribution in [2.24, 2.45) is 0 Å². The highest BCUT2D eigenvalue weighted by molar-refractivity contribution is 5.15. The highest BCUT2D eigenvalue weighted by Gasteiger charge is 2.18. The fourth-order valence-corrected chi connectivity index (χ4v) is 2.70. The number of ether oxygens (including phenoxy) is 1. The number of pyridine rings is 1. The first-order valence-corrected chi connectivity index (χ1v) is 7.58. The SMILES string of the molecule is COc1cccc(CN2CCN(Cc3coc(C)n3)CC2)n1. The second kappa shape index (κ2) is 6.89. The number of aryl methyl sites for hydroxylation is 1. The Kier molecular flexibility index (Phi) is 4.70. The average molecular weight is 302 g/mol. The van der Waals surface area contributed by atoms with E-state index in [1.807, 2.05) is 25.1 Å². The summed E-state index contributed by atoms with van der Waals surface area (Å²) in [7, 11) is 1.65. The van der Waals surface area contributed by atoms with Gasteiger partial charge in [0, 0.05) is 52.3 Å². The van der Waals surface area contributed by atoms with Gasteiger partial charge in [-0.1, -0.05) is 6.07 Å². The third-order valence-corrected chi connectivity index (χ3v) is 3.89. The van der Waals surface area contributed by atoms with E-state index in [0.29, 0.717) is 5.88 Å². The standard InChI is InChI=1S/C16H22N4O2/c1-13-17-15(12-22-13)11-20-8-6-19(7-9-20)10-14-4-3-5-16(18-14)21-2/h3-5,12H,6-11H2,1-2H3. The van der Waals surface area contributed by atoms with E-state index in [9.17, 15) is 0 Å². The van der Waals surface area contributed by atoms with Crippen LogP contribution in [0, 0.1) is 6.92 Å². The van der Waals surface area contributed by atoms with Crippen LogP contribution in [0.1, 0.15) is 17.3 Å². The molecule has 22 heavy (non-hydrogen) atoms. The molecule has 0 radical (unpaired) electrons. The van der Waals surface area contributed by atoms with Crippen molar-refractivity contribution in [1.82, 2.24) is 19.8 Å². The number of hydrogen-bond donors (Lipinski definition) is 0. The molecule has 6 heteroatoms. The van der Waals surface area contributed by atoms with E-state index < -0.39 is 0 Å². The van der Waals surface area contributed by atoms with Crippen molar-refractivity contribution in [3.8, 4) is 5.88 Å². The number of hydrogen-bond acceptors (Lipinski definition) is 6. The highest BCUT2D eigenvalue weighted by Crippen LogP contribution is 2.12. The Morgan fingerprint density at radius 3 is 2.32 bits per heavy atom. The zero-order valence-corrected chi connectivity index (χ0v) is 13.2. The predicted octanol–water partition coefficient (Wildman–Crippen LogP) is 1.70. The van der Waals surface area contributed by atoms with Gasteiger partial charge in [0.05, 0.1) is 18.5 Å². The van der Waals surface area contributed by atoms with Crippen molar-refractivity contribution in [2.45, 2.75) is 20.0 Å². The number of oxazole rings is 1. The Balaban J connectivity index is 1.49. The maximum Gasteiger partial charge on any atom is 0.213 e. The molecule has 6 nitrogen and oxygen atoms in total. The molecule has 2 aromatic rings. The fourth-order valence-electron chi connectivity index (χ4n) is 2.70. The van der Waals surface area contributed by atoms with Crippen LogP contribution in [0.25, 0.3) is 0 Å². The van der Waals surface area contributed by atoms with Crippen molar-refractivity contribution in [1.29, 1.82) is 0 Å². The fraction of sp³-hybridized carbons (Fsp3) is 0.500. The van der Waals surface area contributed by atoms with Crippen LogP contribution in [-0.2, 0) is 13.1 Å². The first-order valence-electron chi connectivity index (χ1n) is 7.58. The molecule has 0 aliphatic carbocycles. The van der Waals surface area contributed by atoms with Gasteiger partial charge in [-0.3, -0.25) is 9.80 Å². The van der Waals surface area contributed by atoms with Gasteiger partial charge in [-0.05, 0) is 6.07 Å². The first-order chi connectivity index (χ1) is 10.7. The Morgan fingerprint density at radius 2 is 1.73 bits per heavy atom. The maximum atomic E-state index is 5.26. The van der Waals surface area contributed by atoms with Crippen LogP contribution in [0.4, 0.5) is 0 Å². The summed E-state index contributed by atoms with van der Waals surface area (Å²) in [6, 6.07) is 5.92. The molecule has 1 aliphatic heterocycles. The second-order valence-electron chi connectivity index (χ2n) is 5.58. The third-order valence-electron chi connectivity index (χ3n) is 3.89. The minimum Gasteiger partial charge on any atom is -0.481 e. The summed E-state index contributed by atoms with van der Waals surface area (Å²) >= 11 is 0. The molecule has 1 fully saturated rings. The summed E-state index contributed by atoms with van der Waals surface area (Å²) in [5, 5.41) is 0. The number of piperazine rings is 1. The molecule has 0 aromatic carbocycles. The molecular formula is C16H22N4O2. The lowest BCUT2D eigenvalue weighted by atomic mass is 10.2. The van der Waals surface area contributed by atoms with E-state index in [4.69, 9.17) is 9.15 Å². The van der Waals surface area contributed by atoms with Crippen LogP contribution in [0.3, 0.4) is 0 Å². The number of methoxy groups -OCH3 is 1. The minimum absolute atomic E-state index is 0.678. The van der Waals surface area contributed by atoms with Gasteiger partial charge in [-0.2, -0.15) is 0 Å². The summed E-state index contributed by atoms with van der Waals surface area (Å²) in [5.41, 5.74) is 2.07. The van der Waals surface area contributed by atoms with Crippen LogP contribution in [0.5, 0.6) is 5.88 Å². The topological polar surface area (TPSA) is 54.6 Å². The Hall–Kier alpha value is -1.92. The number of aromatic nitrogens is 2. The van der Waals surface area contributed by atoms with E-state index in [2.05, 4.69) is 19.8 Å². The predicted molar refractivity (Wildman–Crippen MR) is 82.6 cm³/mol. The molecule has 3 rings (SSSR count). The molecule has 1 aliphatic rings. The molecule has 0 spiro atoms. The van der Waals surface area contributed by atoms with Gasteiger partial charge in [-0.25, -0.2) is 9.97 Å². The zero-order chi connectivity index (χ0) is 15.4. The summed E-state index contributed by atoms with van der Waals surface area (Å²) in [6.07, 6.45) is 1.75. The molecule has 0 amide bonds. The normalized spacial score (nSPS) is 16.8. The van der Waals surface area contributed by atoms with Gasteiger partial charge in [-0.15, -0.1) is 0 Å². The van der Waals surface area contributed by atoms with Crippen molar-refractivity contribution >= 4 is 0 Å². The Bertz CT molecular complexity index is 606. The quantitative estimate of drug-likeness (QED) is 0.838. The first kappa shape index (κ1) is 15.0. The molecule has 1 saturated heterocycles.